The van der Waals surface area contributed by atoms with Gasteiger partial charge in [0, 0.05) is 38.4 Å². The minimum Gasteiger partial charge on any atom is -0.374 e. The molecule has 1 aromatic heterocycles. The van der Waals surface area contributed by atoms with E-state index >= 15 is 0 Å². The summed E-state index contributed by atoms with van der Waals surface area (Å²) in [5.41, 5.74) is 3.65. The zero-order valence-electron chi connectivity index (χ0n) is 15.5. The zero-order valence-corrected chi connectivity index (χ0v) is 16.3. The summed E-state index contributed by atoms with van der Waals surface area (Å²) in [4.78, 5) is 15.9. The van der Waals surface area contributed by atoms with Gasteiger partial charge in [0.15, 0.2) is 0 Å². The second-order valence-corrected chi connectivity index (χ2v) is 6.49. The van der Waals surface area contributed by atoms with Crippen molar-refractivity contribution < 1.29 is 23.1 Å². The Morgan fingerprint density at radius 2 is 1.93 bits per heavy atom. The van der Waals surface area contributed by atoms with E-state index in [-0.39, 0.29) is 19.0 Å². The number of rotatable bonds is 7. The molecular formula is C18H24ClF3N4O2. The highest BCUT2D eigenvalue weighted by atomic mass is 35.5. The number of nitrogens with two attached hydrogens (primary N) is 1. The fraction of sp³-hybridized carbons (Fsp3) is 0.444. The number of hydrogen-bond donors (Lipinski definition) is 3. The van der Waals surface area contributed by atoms with Crippen molar-refractivity contribution in [2.45, 2.75) is 31.2 Å². The van der Waals surface area contributed by atoms with Gasteiger partial charge in [-0.3, -0.25) is 4.79 Å². The Morgan fingerprint density at radius 3 is 2.43 bits per heavy atom. The Morgan fingerprint density at radius 1 is 1.32 bits per heavy atom. The lowest BCUT2D eigenvalue weighted by Gasteiger charge is -2.30. The van der Waals surface area contributed by atoms with Crippen LogP contribution in [0.2, 0.25) is 0 Å². The second-order valence-electron chi connectivity index (χ2n) is 6.49. The van der Waals surface area contributed by atoms with Gasteiger partial charge in [-0.25, -0.2) is 4.98 Å². The third kappa shape index (κ3) is 5.03. The predicted molar refractivity (Wildman–Crippen MR) is 101 cm³/mol. The molecule has 2 aromatic rings. The van der Waals surface area contributed by atoms with Gasteiger partial charge in [-0.15, -0.1) is 12.4 Å². The first-order valence-corrected chi connectivity index (χ1v) is 8.43. The van der Waals surface area contributed by atoms with Crippen molar-refractivity contribution in [3.63, 3.8) is 0 Å². The number of carbonyl (C=O) groups excluding carboxylic acids is 1. The lowest BCUT2D eigenvalue weighted by molar-refractivity contribution is -0.272. The van der Waals surface area contributed by atoms with Gasteiger partial charge in [0.25, 0.3) is 0 Å². The minimum absolute atomic E-state index is 0. The third-order valence-electron chi connectivity index (χ3n) is 4.58. The molecule has 0 radical (unpaired) electrons. The van der Waals surface area contributed by atoms with E-state index in [0.29, 0.717) is 0 Å². The summed E-state index contributed by atoms with van der Waals surface area (Å²) in [6, 6.07) is 8.35. The van der Waals surface area contributed by atoms with Crippen LogP contribution in [0.5, 0.6) is 0 Å². The van der Waals surface area contributed by atoms with Crippen LogP contribution in [-0.2, 0) is 17.4 Å². The summed E-state index contributed by atoms with van der Waals surface area (Å²) >= 11 is 0. The average Bonchev–Trinajstić information content (AvgIpc) is 3.06. The van der Waals surface area contributed by atoms with Crippen molar-refractivity contribution in [3.05, 3.63) is 54.1 Å². The maximum absolute atomic E-state index is 13.4. The first-order chi connectivity index (χ1) is 12.6. The summed E-state index contributed by atoms with van der Waals surface area (Å²) in [5, 5.41) is 12.7. The van der Waals surface area contributed by atoms with Gasteiger partial charge in [0.1, 0.15) is 5.82 Å². The number of imidazole rings is 1. The smallest absolute Gasteiger partial charge is 0.374 e. The molecule has 0 bridgehead atoms. The monoisotopic (exact) mass is 420 g/mol. The second kappa shape index (κ2) is 9.40. The number of alkyl halides is 3. The molecule has 0 aliphatic rings. The number of aromatic nitrogens is 2. The van der Waals surface area contributed by atoms with Crippen LogP contribution < -0.4 is 11.1 Å². The molecule has 0 aliphatic carbocycles. The molecule has 3 atom stereocenters. The summed E-state index contributed by atoms with van der Waals surface area (Å²) in [6.45, 7) is 1.22. The maximum Gasteiger partial charge on any atom is 0.424 e. The fourth-order valence-corrected chi connectivity index (χ4v) is 2.80. The molecule has 1 amide bonds. The number of amides is 1. The lowest BCUT2D eigenvalue weighted by Crippen LogP contribution is -2.47. The van der Waals surface area contributed by atoms with Crippen molar-refractivity contribution >= 4 is 18.3 Å². The lowest BCUT2D eigenvalue weighted by atomic mass is 9.94. The van der Waals surface area contributed by atoms with E-state index in [1.54, 1.807) is 31.2 Å². The summed E-state index contributed by atoms with van der Waals surface area (Å²) in [6.07, 6.45) is -3.22. The predicted octanol–water partition coefficient (Wildman–Crippen LogP) is 2.43. The van der Waals surface area contributed by atoms with Crippen LogP contribution in [0.15, 0.2) is 42.7 Å². The van der Waals surface area contributed by atoms with Gasteiger partial charge < -0.3 is 20.7 Å². The molecule has 28 heavy (non-hydrogen) atoms. The molecule has 0 fully saturated rings. The number of nitrogens with one attached hydrogen (secondary N) is 1. The number of nitrogens with zero attached hydrogens (tertiary/aromatic N) is 2. The van der Waals surface area contributed by atoms with Gasteiger partial charge >= 0.3 is 6.18 Å². The topological polar surface area (TPSA) is 93.2 Å². The number of benzene rings is 1. The van der Waals surface area contributed by atoms with E-state index in [9.17, 15) is 23.1 Å². The molecule has 1 aromatic carbocycles. The van der Waals surface area contributed by atoms with Crippen molar-refractivity contribution in [1.29, 1.82) is 0 Å². The van der Waals surface area contributed by atoms with Gasteiger partial charge in [-0.05, 0) is 5.56 Å². The van der Waals surface area contributed by atoms with E-state index < -0.39 is 41.9 Å². The number of hydrogen-bond acceptors (Lipinski definition) is 4. The minimum atomic E-state index is -4.94. The zero-order chi connectivity index (χ0) is 20.2. The standard InChI is InChI=1S/C18H23F3N4O2.ClH/c1-12(14(22)13-6-4-3-5-7-13)15(26)23-9-8-17(27,18(19,20)21)16-24-10-11-25(16)2;/h3-7,10-12,14,27H,8-9,22H2,1-2H3,(H,23,26);1H. The number of aliphatic hydroxyl groups is 1. The van der Waals surface area contributed by atoms with Crippen LogP contribution in [0.25, 0.3) is 0 Å². The van der Waals surface area contributed by atoms with Gasteiger partial charge in [0.2, 0.25) is 11.5 Å². The van der Waals surface area contributed by atoms with Gasteiger partial charge in [-0.1, -0.05) is 37.3 Å². The molecule has 156 valence electrons. The van der Waals surface area contributed by atoms with Crippen LogP contribution in [-0.4, -0.2) is 33.3 Å². The van der Waals surface area contributed by atoms with Gasteiger partial charge in [-0.2, -0.15) is 13.2 Å². The first-order valence-electron chi connectivity index (χ1n) is 8.43. The normalized spacial score (nSPS) is 15.8. The highest BCUT2D eigenvalue weighted by Crippen LogP contribution is 2.40. The van der Waals surface area contributed by atoms with Crippen molar-refractivity contribution in [3.8, 4) is 0 Å². The Hall–Kier alpha value is -2.10. The molecule has 6 nitrogen and oxygen atoms in total. The third-order valence-corrected chi connectivity index (χ3v) is 4.58. The Bertz CT molecular complexity index is 770. The highest BCUT2D eigenvalue weighted by Gasteiger charge is 2.57. The van der Waals surface area contributed by atoms with Crippen LogP contribution in [0.1, 0.15) is 30.8 Å². The molecule has 1 heterocycles. The molecule has 4 N–H and O–H groups in total. The molecular weight excluding hydrogens is 397 g/mol. The van der Waals surface area contributed by atoms with Crippen LogP contribution in [0.4, 0.5) is 13.2 Å². The number of halogens is 4. The number of aryl methyl sites for hydroxylation is 1. The summed E-state index contributed by atoms with van der Waals surface area (Å²) in [5.74, 6) is -1.67. The van der Waals surface area contributed by atoms with Gasteiger partial charge in [0.05, 0.1) is 5.92 Å². The molecule has 3 unspecified atom stereocenters. The Balaban J connectivity index is 0.00000392. The van der Waals surface area contributed by atoms with Crippen molar-refractivity contribution in [2.75, 3.05) is 6.54 Å². The summed E-state index contributed by atoms with van der Waals surface area (Å²) < 4.78 is 41.4. The molecule has 0 spiro atoms. The summed E-state index contributed by atoms with van der Waals surface area (Å²) in [7, 11) is 1.36. The molecule has 10 heteroatoms. The van der Waals surface area contributed by atoms with Crippen molar-refractivity contribution in [2.24, 2.45) is 18.7 Å². The van der Waals surface area contributed by atoms with Crippen molar-refractivity contribution in [1.82, 2.24) is 14.9 Å². The largest absolute Gasteiger partial charge is 0.424 e. The first kappa shape index (κ1) is 23.9. The molecule has 0 aliphatic heterocycles. The number of carbonyl (C=O) groups is 1. The fourth-order valence-electron chi connectivity index (χ4n) is 2.80. The molecule has 0 saturated carbocycles. The maximum atomic E-state index is 13.4. The van der Waals surface area contributed by atoms with Crippen LogP contribution in [0.3, 0.4) is 0 Å². The van der Waals surface area contributed by atoms with E-state index in [2.05, 4.69) is 10.3 Å². The SMILES string of the molecule is CC(C(=O)NCCC(O)(c1nccn1C)C(F)(F)F)C(N)c1ccccc1.Cl. The van der Waals surface area contributed by atoms with E-state index in [1.165, 1.54) is 19.4 Å². The Labute approximate surface area is 167 Å². The van der Waals surface area contributed by atoms with Crippen LogP contribution in [0, 0.1) is 5.92 Å². The van der Waals surface area contributed by atoms with E-state index in [4.69, 9.17) is 5.73 Å². The van der Waals surface area contributed by atoms with Crippen LogP contribution >= 0.6 is 12.4 Å². The quantitative estimate of drug-likeness (QED) is 0.641. The average molecular weight is 421 g/mol. The molecule has 2 rings (SSSR count). The van der Waals surface area contributed by atoms with E-state index in [0.717, 1.165) is 10.1 Å². The van der Waals surface area contributed by atoms with E-state index in [1.807, 2.05) is 6.07 Å². The molecule has 0 saturated heterocycles. The Kier molecular flexibility index (Phi) is 8.04. The highest BCUT2D eigenvalue weighted by molar-refractivity contribution is 5.85.